The summed E-state index contributed by atoms with van der Waals surface area (Å²) in [4.78, 5) is 26.5. The number of hydrogen-bond donors (Lipinski definition) is 1. The van der Waals surface area contributed by atoms with E-state index in [-0.39, 0.29) is 22.9 Å². The minimum absolute atomic E-state index is 0.0408. The Morgan fingerprint density at radius 1 is 1.15 bits per heavy atom. The molecule has 2 aromatic rings. The van der Waals surface area contributed by atoms with Gasteiger partial charge >= 0.3 is 0 Å². The SMILES string of the molecule is N#Cc1cc([N+](=O)[O-])ccc1N1CCN(C(=O)c2cccc(O)c2)CC1. The van der Waals surface area contributed by atoms with E-state index in [2.05, 4.69) is 0 Å². The number of carbonyl (C=O) groups excluding carboxylic acids is 1. The fourth-order valence-electron chi connectivity index (χ4n) is 2.97. The third-order valence-electron chi connectivity index (χ3n) is 4.31. The number of anilines is 1. The molecule has 2 aromatic carbocycles. The Hall–Kier alpha value is -3.60. The van der Waals surface area contributed by atoms with Crippen molar-refractivity contribution in [2.45, 2.75) is 0 Å². The Bertz CT molecular complexity index is 898. The van der Waals surface area contributed by atoms with Crippen LogP contribution >= 0.6 is 0 Å². The van der Waals surface area contributed by atoms with Crippen molar-refractivity contribution in [3.63, 3.8) is 0 Å². The molecule has 1 heterocycles. The molecular formula is C18H16N4O4. The highest BCUT2D eigenvalue weighted by Crippen LogP contribution is 2.26. The van der Waals surface area contributed by atoms with Gasteiger partial charge in [-0.25, -0.2) is 0 Å². The Morgan fingerprint density at radius 2 is 1.88 bits per heavy atom. The van der Waals surface area contributed by atoms with Crippen molar-refractivity contribution in [3.05, 3.63) is 63.7 Å². The molecule has 1 fully saturated rings. The van der Waals surface area contributed by atoms with Crippen molar-refractivity contribution < 1.29 is 14.8 Å². The molecular weight excluding hydrogens is 336 g/mol. The number of phenolic OH excluding ortho intramolecular Hbond substituents is 1. The molecule has 8 heteroatoms. The fraction of sp³-hybridized carbons (Fsp3) is 0.222. The van der Waals surface area contributed by atoms with E-state index in [1.165, 1.54) is 24.3 Å². The van der Waals surface area contributed by atoms with Crippen LogP contribution in [0.25, 0.3) is 0 Å². The highest BCUT2D eigenvalue weighted by Gasteiger charge is 2.24. The standard InChI is InChI=1S/C18H16N4O4/c19-12-14-10-15(22(25)26)4-5-17(14)20-6-8-21(9-7-20)18(24)13-2-1-3-16(23)11-13/h1-5,10-11,23H,6-9H2. The van der Waals surface area contributed by atoms with Crippen molar-refractivity contribution in [2.75, 3.05) is 31.1 Å². The quantitative estimate of drug-likeness (QED) is 0.669. The number of nitro groups is 1. The molecule has 1 aliphatic heterocycles. The van der Waals surface area contributed by atoms with E-state index in [9.17, 15) is 25.3 Å². The lowest BCUT2D eigenvalue weighted by molar-refractivity contribution is -0.384. The highest BCUT2D eigenvalue weighted by molar-refractivity contribution is 5.94. The molecule has 0 saturated carbocycles. The van der Waals surface area contributed by atoms with Crippen LogP contribution in [0.1, 0.15) is 15.9 Å². The van der Waals surface area contributed by atoms with Gasteiger partial charge in [0.05, 0.1) is 16.2 Å². The van der Waals surface area contributed by atoms with Crippen LogP contribution in [0.5, 0.6) is 5.75 Å². The molecule has 1 aliphatic rings. The predicted molar refractivity (Wildman–Crippen MR) is 94.0 cm³/mol. The Balaban J connectivity index is 1.72. The summed E-state index contributed by atoms with van der Waals surface area (Å²) in [6, 6.07) is 12.4. The fourth-order valence-corrected chi connectivity index (χ4v) is 2.97. The average Bonchev–Trinajstić information content (AvgIpc) is 2.67. The van der Waals surface area contributed by atoms with E-state index in [4.69, 9.17) is 0 Å². The molecule has 1 N–H and O–H groups in total. The number of non-ortho nitro benzene ring substituents is 1. The molecule has 1 amide bonds. The molecule has 0 aromatic heterocycles. The van der Waals surface area contributed by atoms with Gasteiger partial charge in [0, 0.05) is 43.9 Å². The summed E-state index contributed by atoms with van der Waals surface area (Å²) in [5.41, 5.74) is 1.17. The van der Waals surface area contributed by atoms with Gasteiger partial charge in [0.2, 0.25) is 0 Å². The normalized spacial score (nSPS) is 14.0. The van der Waals surface area contributed by atoms with Gasteiger partial charge in [-0.15, -0.1) is 0 Å². The summed E-state index contributed by atoms with van der Waals surface area (Å²) in [6.07, 6.45) is 0. The molecule has 0 unspecified atom stereocenters. The smallest absolute Gasteiger partial charge is 0.270 e. The maximum Gasteiger partial charge on any atom is 0.270 e. The molecule has 132 valence electrons. The molecule has 0 aliphatic carbocycles. The van der Waals surface area contributed by atoms with Crippen LogP contribution in [-0.2, 0) is 0 Å². The Kier molecular flexibility index (Phi) is 4.71. The minimum Gasteiger partial charge on any atom is -0.508 e. The van der Waals surface area contributed by atoms with Crippen molar-refractivity contribution in [3.8, 4) is 11.8 Å². The second kappa shape index (κ2) is 7.11. The van der Waals surface area contributed by atoms with Gasteiger partial charge in [-0.05, 0) is 24.3 Å². The maximum absolute atomic E-state index is 12.5. The topological polar surface area (TPSA) is 111 Å². The van der Waals surface area contributed by atoms with Gasteiger partial charge in [0.1, 0.15) is 11.8 Å². The van der Waals surface area contributed by atoms with E-state index in [0.717, 1.165) is 0 Å². The summed E-state index contributed by atoms with van der Waals surface area (Å²) in [5, 5.41) is 29.6. The van der Waals surface area contributed by atoms with Gasteiger partial charge in [-0.3, -0.25) is 14.9 Å². The zero-order chi connectivity index (χ0) is 18.7. The number of piperazine rings is 1. The van der Waals surface area contributed by atoms with Crippen LogP contribution < -0.4 is 4.90 Å². The van der Waals surface area contributed by atoms with Gasteiger partial charge in [0.25, 0.3) is 11.6 Å². The van der Waals surface area contributed by atoms with Crippen LogP contribution in [0.3, 0.4) is 0 Å². The van der Waals surface area contributed by atoms with Crippen LogP contribution in [0.2, 0.25) is 0 Å². The van der Waals surface area contributed by atoms with Crippen LogP contribution in [0.15, 0.2) is 42.5 Å². The van der Waals surface area contributed by atoms with Gasteiger partial charge in [-0.2, -0.15) is 5.26 Å². The number of phenols is 1. The van der Waals surface area contributed by atoms with Crippen molar-refractivity contribution >= 4 is 17.3 Å². The number of nitrogens with zero attached hydrogens (tertiary/aromatic N) is 4. The molecule has 0 spiro atoms. The zero-order valence-electron chi connectivity index (χ0n) is 13.8. The van der Waals surface area contributed by atoms with Crippen molar-refractivity contribution in [2.24, 2.45) is 0 Å². The summed E-state index contributed by atoms with van der Waals surface area (Å²) in [6.45, 7) is 1.93. The number of carbonyl (C=O) groups is 1. The minimum atomic E-state index is -0.531. The first-order valence-electron chi connectivity index (χ1n) is 8.01. The number of nitriles is 1. The van der Waals surface area contributed by atoms with Crippen LogP contribution in [0.4, 0.5) is 11.4 Å². The monoisotopic (exact) mass is 352 g/mol. The molecule has 8 nitrogen and oxygen atoms in total. The Labute approximate surface area is 149 Å². The summed E-state index contributed by atoms with van der Waals surface area (Å²) in [7, 11) is 0. The number of amides is 1. The number of hydrogen-bond acceptors (Lipinski definition) is 6. The van der Waals surface area contributed by atoms with Crippen molar-refractivity contribution in [1.29, 1.82) is 5.26 Å². The van der Waals surface area contributed by atoms with E-state index in [1.807, 2.05) is 11.0 Å². The van der Waals surface area contributed by atoms with Gasteiger partial charge < -0.3 is 14.9 Å². The third kappa shape index (κ3) is 3.42. The Morgan fingerprint density at radius 3 is 2.50 bits per heavy atom. The van der Waals surface area contributed by atoms with E-state index in [0.29, 0.717) is 37.4 Å². The molecule has 1 saturated heterocycles. The van der Waals surface area contributed by atoms with Crippen molar-refractivity contribution in [1.82, 2.24) is 4.90 Å². The first-order chi connectivity index (χ1) is 12.5. The highest BCUT2D eigenvalue weighted by atomic mass is 16.6. The number of aromatic hydroxyl groups is 1. The lowest BCUT2D eigenvalue weighted by Crippen LogP contribution is -2.49. The van der Waals surface area contributed by atoms with E-state index < -0.39 is 4.92 Å². The molecule has 3 rings (SSSR count). The van der Waals surface area contributed by atoms with E-state index in [1.54, 1.807) is 23.1 Å². The zero-order valence-corrected chi connectivity index (χ0v) is 13.8. The maximum atomic E-state index is 12.5. The molecule has 0 atom stereocenters. The van der Waals surface area contributed by atoms with E-state index >= 15 is 0 Å². The number of rotatable bonds is 3. The number of nitro benzene ring substituents is 1. The predicted octanol–water partition coefficient (Wildman–Crippen LogP) is 2.13. The van der Waals surface area contributed by atoms with Gasteiger partial charge in [0.15, 0.2) is 0 Å². The molecule has 0 radical (unpaired) electrons. The first kappa shape index (κ1) is 17.2. The second-order valence-electron chi connectivity index (χ2n) is 5.90. The summed E-state index contributed by atoms with van der Waals surface area (Å²) < 4.78 is 0. The van der Waals surface area contributed by atoms with Gasteiger partial charge in [-0.1, -0.05) is 6.07 Å². The second-order valence-corrected chi connectivity index (χ2v) is 5.90. The largest absolute Gasteiger partial charge is 0.508 e. The molecule has 0 bridgehead atoms. The first-order valence-corrected chi connectivity index (χ1v) is 8.01. The summed E-state index contributed by atoms with van der Waals surface area (Å²) in [5.74, 6) is -0.121. The average molecular weight is 352 g/mol. The number of benzene rings is 2. The summed E-state index contributed by atoms with van der Waals surface area (Å²) >= 11 is 0. The lowest BCUT2D eigenvalue weighted by Gasteiger charge is -2.36. The van der Waals surface area contributed by atoms with Crippen LogP contribution in [-0.4, -0.2) is 47.0 Å². The lowest BCUT2D eigenvalue weighted by atomic mass is 10.1. The molecule has 26 heavy (non-hydrogen) atoms. The third-order valence-corrected chi connectivity index (χ3v) is 4.31. The van der Waals surface area contributed by atoms with Crippen LogP contribution in [0, 0.1) is 21.4 Å².